The van der Waals surface area contributed by atoms with Gasteiger partial charge in [0.25, 0.3) is 0 Å². The maximum Gasteiger partial charge on any atom is 0.336 e. The minimum Gasteiger partial charge on any atom is -0.478 e. The SMILES string of the molecule is CP(C)(=O)c1ccc(C(=O)O)cc1C(=O)O. The molecule has 86 valence electrons. The lowest BCUT2D eigenvalue weighted by Gasteiger charge is -2.11. The van der Waals surface area contributed by atoms with Crippen molar-refractivity contribution in [1.82, 2.24) is 0 Å². The van der Waals surface area contributed by atoms with Crippen molar-refractivity contribution in [2.75, 3.05) is 13.3 Å². The number of benzene rings is 1. The molecule has 0 amide bonds. The number of carbonyl (C=O) groups is 2. The van der Waals surface area contributed by atoms with Crippen molar-refractivity contribution in [3.05, 3.63) is 29.3 Å². The van der Waals surface area contributed by atoms with Crippen LogP contribution in [-0.4, -0.2) is 35.5 Å². The molecule has 1 aromatic rings. The number of aromatic carboxylic acids is 2. The van der Waals surface area contributed by atoms with Crippen molar-refractivity contribution in [2.24, 2.45) is 0 Å². The largest absolute Gasteiger partial charge is 0.478 e. The quantitative estimate of drug-likeness (QED) is 0.780. The summed E-state index contributed by atoms with van der Waals surface area (Å²) in [4.78, 5) is 21.6. The molecule has 0 heterocycles. The summed E-state index contributed by atoms with van der Waals surface area (Å²) in [6, 6.07) is 3.58. The molecule has 0 saturated carbocycles. The molecular formula is C10H11O5P. The summed E-state index contributed by atoms with van der Waals surface area (Å²) in [6.07, 6.45) is 0. The van der Waals surface area contributed by atoms with E-state index in [1.807, 2.05) is 0 Å². The second kappa shape index (κ2) is 4.10. The van der Waals surface area contributed by atoms with Gasteiger partial charge in [0.15, 0.2) is 0 Å². The van der Waals surface area contributed by atoms with Crippen molar-refractivity contribution in [2.45, 2.75) is 0 Å². The summed E-state index contributed by atoms with van der Waals surface area (Å²) in [7, 11) is -2.73. The third kappa shape index (κ3) is 2.49. The van der Waals surface area contributed by atoms with Gasteiger partial charge >= 0.3 is 11.9 Å². The molecule has 1 rings (SSSR count). The van der Waals surface area contributed by atoms with Crippen molar-refractivity contribution >= 4 is 24.4 Å². The summed E-state index contributed by atoms with van der Waals surface area (Å²) in [5.74, 6) is -2.49. The van der Waals surface area contributed by atoms with Gasteiger partial charge in [0.1, 0.15) is 7.14 Å². The molecule has 0 spiro atoms. The lowest BCUT2D eigenvalue weighted by Crippen LogP contribution is -2.16. The smallest absolute Gasteiger partial charge is 0.336 e. The first-order chi connectivity index (χ1) is 7.23. The van der Waals surface area contributed by atoms with Crippen LogP contribution in [0.25, 0.3) is 0 Å². The standard InChI is InChI=1S/C10H11O5P/c1-16(2,15)8-4-3-6(9(11)12)5-7(8)10(13)14/h3-5H,1-2H3,(H,11,12)(H,13,14). The third-order valence-corrected chi connectivity index (χ3v) is 3.60. The fourth-order valence-corrected chi connectivity index (χ4v) is 2.48. The third-order valence-electron chi connectivity index (χ3n) is 2.05. The van der Waals surface area contributed by atoms with E-state index in [0.717, 1.165) is 6.07 Å². The Labute approximate surface area is 92.1 Å². The molecule has 0 aliphatic heterocycles. The molecule has 5 nitrogen and oxygen atoms in total. The van der Waals surface area contributed by atoms with Gasteiger partial charge in [-0.2, -0.15) is 0 Å². The van der Waals surface area contributed by atoms with Gasteiger partial charge in [0.2, 0.25) is 0 Å². The van der Waals surface area contributed by atoms with Crippen LogP contribution in [-0.2, 0) is 4.57 Å². The van der Waals surface area contributed by atoms with E-state index in [9.17, 15) is 14.2 Å². The second-order valence-corrected chi connectivity index (χ2v) is 6.88. The van der Waals surface area contributed by atoms with Crippen molar-refractivity contribution in [1.29, 1.82) is 0 Å². The fourth-order valence-electron chi connectivity index (χ4n) is 1.31. The van der Waals surface area contributed by atoms with Crippen LogP contribution < -0.4 is 5.30 Å². The fraction of sp³-hybridized carbons (Fsp3) is 0.200. The van der Waals surface area contributed by atoms with Crippen molar-refractivity contribution < 1.29 is 24.4 Å². The molecular weight excluding hydrogens is 231 g/mol. The van der Waals surface area contributed by atoms with E-state index in [4.69, 9.17) is 10.2 Å². The lowest BCUT2D eigenvalue weighted by molar-refractivity contribution is 0.0696. The summed E-state index contributed by atoms with van der Waals surface area (Å²) in [6.45, 7) is 2.88. The molecule has 1 aromatic carbocycles. The number of hydrogen-bond acceptors (Lipinski definition) is 3. The van der Waals surface area contributed by atoms with Crippen LogP contribution in [0.1, 0.15) is 20.7 Å². The summed E-state index contributed by atoms with van der Waals surface area (Å²) in [5, 5.41) is 17.8. The zero-order chi connectivity index (χ0) is 12.5. The summed E-state index contributed by atoms with van der Waals surface area (Å²) in [5.41, 5.74) is -0.345. The summed E-state index contributed by atoms with van der Waals surface area (Å²) >= 11 is 0. The Morgan fingerprint density at radius 2 is 1.69 bits per heavy atom. The van der Waals surface area contributed by atoms with Gasteiger partial charge in [-0.1, -0.05) is 0 Å². The van der Waals surface area contributed by atoms with E-state index in [1.54, 1.807) is 0 Å². The highest BCUT2D eigenvalue weighted by Crippen LogP contribution is 2.36. The molecule has 0 aliphatic rings. The Morgan fingerprint density at radius 1 is 1.12 bits per heavy atom. The van der Waals surface area contributed by atoms with E-state index in [0.29, 0.717) is 0 Å². The minimum absolute atomic E-state index is 0.130. The van der Waals surface area contributed by atoms with Gasteiger partial charge in [0, 0.05) is 5.30 Å². The Bertz CT molecular complexity index is 500. The van der Waals surface area contributed by atoms with Crippen LogP contribution in [0.4, 0.5) is 0 Å². The van der Waals surface area contributed by atoms with E-state index in [1.165, 1.54) is 25.5 Å². The normalized spacial score (nSPS) is 11.1. The number of hydrogen-bond donors (Lipinski definition) is 2. The highest BCUT2D eigenvalue weighted by Gasteiger charge is 2.21. The van der Waals surface area contributed by atoms with Gasteiger partial charge < -0.3 is 14.8 Å². The molecule has 0 aliphatic carbocycles. The van der Waals surface area contributed by atoms with Gasteiger partial charge in [-0.25, -0.2) is 9.59 Å². The van der Waals surface area contributed by atoms with Gasteiger partial charge in [0.05, 0.1) is 11.1 Å². The molecule has 16 heavy (non-hydrogen) atoms. The van der Waals surface area contributed by atoms with E-state index < -0.39 is 19.1 Å². The van der Waals surface area contributed by atoms with Crippen molar-refractivity contribution in [3.8, 4) is 0 Å². The van der Waals surface area contributed by atoms with Crippen LogP contribution in [0.5, 0.6) is 0 Å². The molecule has 0 aromatic heterocycles. The topological polar surface area (TPSA) is 91.7 Å². The molecule has 6 heteroatoms. The first-order valence-electron chi connectivity index (χ1n) is 4.39. The van der Waals surface area contributed by atoms with E-state index >= 15 is 0 Å². The Morgan fingerprint density at radius 3 is 2.06 bits per heavy atom. The predicted molar refractivity (Wildman–Crippen MR) is 59.4 cm³/mol. The Kier molecular flexibility index (Phi) is 3.19. The van der Waals surface area contributed by atoms with Crippen LogP contribution in [0.2, 0.25) is 0 Å². The van der Waals surface area contributed by atoms with Gasteiger partial charge in [-0.15, -0.1) is 0 Å². The van der Waals surface area contributed by atoms with Gasteiger partial charge in [-0.05, 0) is 31.5 Å². The van der Waals surface area contributed by atoms with E-state index in [-0.39, 0.29) is 16.4 Å². The average molecular weight is 242 g/mol. The van der Waals surface area contributed by atoms with Crippen LogP contribution in [0.3, 0.4) is 0 Å². The number of carboxylic acids is 2. The first-order valence-corrected chi connectivity index (χ1v) is 7.00. The zero-order valence-electron chi connectivity index (χ0n) is 8.80. The van der Waals surface area contributed by atoms with Crippen LogP contribution >= 0.6 is 7.14 Å². The van der Waals surface area contributed by atoms with Gasteiger partial charge in [-0.3, -0.25) is 0 Å². The van der Waals surface area contributed by atoms with E-state index in [2.05, 4.69) is 0 Å². The highest BCUT2D eigenvalue weighted by atomic mass is 31.2. The lowest BCUT2D eigenvalue weighted by atomic mass is 10.1. The molecule has 2 N–H and O–H groups in total. The summed E-state index contributed by atoms with van der Waals surface area (Å²) < 4.78 is 11.8. The predicted octanol–water partition coefficient (Wildman–Crippen LogP) is 1.33. The van der Waals surface area contributed by atoms with Crippen LogP contribution in [0, 0.1) is 0 Å². The molecule has 0 unspecified atom stereocenters. The number of carboxylic acid groups (broad SMARTS) is 2. The zero-order valence-corrected chi connectivity index (χ0v) is 9.69. The molecule has 0 saturated heterocycles. The molecule has 0 atom stereocenters. The Hall–Kier alpha value is -1.61. The highest BCUT2D eigenvalue weighted by molar-refractivity contribution is 7.70. The Balaban J connectivity index is 3.49. The molecule has 0 radical (unpaired) electrons. The second-order valence-electron chi connectivity index (χ2n) is 3.69. The monoisotopic (exact) mass is 242 g/mol. The van der Waals surface area contributed by atoms with Crippen LogP contribution in [0.15, 0.2) is 18.2 Å². The number of rotatable bonds is 3. The minimum atomic E-state index is -2.73. The van der Waals surface area contributed by atoms with Crippen molar-refractivity contribution in [3.63, 3.8) is 0 Å². The molecule has 0 bridgehead atoms. The maximum absolute atomic E-state index is 11.8. The molecule has 0 fully saturated rings. The maximum atomic E-state index is 11.8. The first kappa shape index (κ1) is 12.5. The average Bonchev–Trinajstić information content (AvgIpc) is 2.15.